The van der Waals surface area contributed by atoms with E-state index < -0.39 is 11.7 Å². The first kappa shape index (κ1) is 19.3. The molecule has 2 heterocycles. The van der Waals surface area contributed by atoms with Crippen molar-refractivity contribution in [3.63, 3.8) is 0 Å². The van der Waals surface area contributed by atoms with Crippen molar-refractivity contribution in [2.45, 2.75) is 31.7 Å². The third-order valence-corrected chi connectivity index (χ3v) is 5.59. The fourth-order valence-electron chi connectivity index (χ4n) is 2.57. The van der Waals surface area contributed by atoms with Crippen LogP contribution in [0, 0.1) is 3.95 Å². The lowest BCUT2D eigenvalue weighted by Gasteiger charge is -2.10. The molecule has 0 aliphatic carbocycles. The van der Waals surface area contributed by atoms with Crippen LogP contribution in [-0.4, -0.2) is 28.6 Å². The molecule has 1 aliphatic heterocycles. The number of benzene rings is 1. The molecule has 1 fully saturated rings. The summed E-state index contributed by atoms with van der Waals surface area (Å²) in [7, 11) is 0. The molecule has 1 atom stereocenters. The van der Waals surface area contributed by atoms with Gasteiger partial charge in [0.15, 0.2) is 3.95 Å². The zero-order chi connectivity index (χ0) is 18.9. The maximum atomic E-state index is 12.8. The lowest BCUT2D eigenvalue weighted by atomic mass is 10.2. The molecule has 1 N–H and O–H groups in total. The van der Waals surface area contributed by atoms with Crippen LogP contribution in [0.2, 0.25) is 5.02 Å². The zero-order valence-electron chi connectivity index (χ0n) is 13.3. The summed E-state index contributed by atoms with van der Waals surface area (Å²) < 4.78 is 46.0. The second-order valence-corrected chi connectivity index (χ2v) is 7.81. The number of ether oxygens (including phenoxy) is 1. The van der Waals surface area contributed by atoms with Crippen LogP contribution >= 0.6 is 35.2 Å². The van der Waals surface area contributed by atoms with Crippen LogP contribution in [0.25, 0.3) is 0 Å². The fraction of sp³-hybridized carbons (Fsp3) is 0.375. The van der Waals surface area contributed by atoms with Crippen LogP contribution in [0.5, 0.6) is 5.88 Å². The molecule has 4 nitrogen and oxygen atoms in total. The Balaban J connectivity index is 1.86. The number of aromatic nitrogens is 1. The minimum Gasteiger partial charge on any atom is -0.493 e. The standard InChI is InChI=1S/C16H14ClF3N2O2S2/c17-11-4-3-9(16(18,19)20)6-12(11)21-7-13-14(23)22(15(25)26-13)8-10-2-1-5-24-10/h3-4,6-7,10,23H,1-2,5,8H2/t10-/m1/s1. The summed E-state index contributed by atoms with van der Waals surface area (Å²) >= 11 is 12.3. The number of aliphatic imine (C=N–C) groups is 1. The molecular weight excluding hydrogens is 409 g/mol. The molecule has 0 bridgehead atoms. The van der Waals surface area contributed by atoms with Crippen LogP contribution < -0.4 is 0 Å². The smallest absolute Gasteiger partial charge is 0.416 e. The fourth-order valence-corrected chi connectivity index (χ4v) is 3.93. The maximum Gasteiger partial charge on any atom is 0.416 e. The van der Waals surface area contributed by atoms with Gasteiger partial charge in [-0.15, -0.1) is 0 Å². The number of halogens is 4. The van der Waals surface area contributed by atoms with E-state index in [4.69, 9.17) is 28.6 Å². The van der Waals surface area contributed by atoms with Crippen LogP contribution in [0.4, 0.5) is 18.9 Å². The van der Waals surface area contributed by atoms with Crippen molar-refractivity contribution in [3.8, 4) is 5.88 Å². The van der Waals surface area contributed by atoms with Crippen LogP contribution in [-0.2, 0) is 17.5 Å². The summed E-state index contributed by atoms with van der Waals surface area (Å²) in [6.45, 7) is 1.12. The number of alkyl halides is 3. The number of rotatable bonds is 4. The maximum absolute atomic E-state index is 12.8. The van der Waals surface area contributed by atoms with Crippen molar-refractivity contribution in [1.29, 1.82) is 0 Å². The van der Waals surface area contributed by atoms with Crippen LogP contribution in [0.1, 0.15) is 23.3 Å². The number of hydrogen-bond acceptors (Lipinski definition) is 5. The van der Waals surface area contributed by atoms with Gasteiger partial charge in [0.05, 0.1) is 35.1 Å². The SMILES string of the molecule is Oc1c(C=Nc2cc(C(F)(F)F)ccc2Cl)sc(=S)n1C[C@H]1CCCO1. The highest BCUT2D eigenvalue weighted by Gasteiger charge is 2.31. The number of aromatic hydroxyl groups is 1. The van der Waals surface area contributed by atoms with E-state index in [0.717, 1.165) is 42.4 Å². The molecule has 0 spiro atoms. The number of thiazole rings is 1. The van der Waals surface area contributed by atoms with Gasteiger partial charge in [-0.05, 0) is 43.3 Å². The zero-order valence-corrected chi connectivity index (χ0v) is 15.7. The van der Waals surface area contributed by atoms with E-state index in [9.17, 15) is 18.3 Å². The second-order valence-electron chi connectivity index (χ2n) is 5.72. The molecule has 0 radical (unpaired) electrons. The molecule has 0 unspecified atom stereocenters. The highest BCUT2D eigenvalue weighted by molar-refractivity contribution is 7.73. The molecule has 1 saturated heterocycles. The molecular formula is C16H14ClF3N2O2S2. The van der Waals surface area contributed by atoms with Crippen molar-refractivity contribution in [1.82, 2.24) is 4.57 Å². The predicted molar refractivity (Wildman–Crippen MR) is 97.5 cm³/mol. The Kier molecular flexibility index (Phi) is 5.71. The van der Waals surface area contributed by atoms with Crippen LogP contribution in [0.15, 0.2) is 23.2 Å². The average molecular weight is 423 g/mol. The lowest BCUT2D eigenvalue weighted by Crippen LogP contribution is -2.14. The molecule has 2 aromatic rings. The van der Waals surface area contributed by atoms with E-state index in [-0.39, 0.29) is 22.7 Å². The Bertz CT molecular complexity index is 887. The molecule has 1 aromatic heterocycles. The van der Waals surface area contributed by atoms with Crippen molar-refractivity contribution in [2.24, 2.45) is 4.99 Å². The molecule has 0 amide bonds. The molecule has 140 valence electrons. The van der Waals surface area contributed by atoms with Gasteiger partial charge in [-0.1, -0.05) is 22.9 Å². The first-order chi connectivity index (χ1) is 12.3. The molecule has 26 heavy (non-hydrogen) atoms. The van der Waals surface area contributed by atoms with Gasteiger partial charge in [-0.25, -0.2) is 0 Å². The topological polar surface area (TPSA) is 46.8 Å². The summed E-state index contributed by atoms with van der Waals surface area (Å²) in [5.41, 5.74) is -0.882. The van der Waals surface area contributed by atoms with Gasteiger partial charge in [0.2, 0.25) is 5.88 Å². The van der Waals surface area contributed by atoms with Crippen molar-refractivity contribution in [3.05, 3.63) is 37.6 Å². The van der Waals surface area contributed by atoms with Gasteiger partial charge in [0.25, 0.3) is 0 Å². The van der Waals surface area contributed by atoms with Gasteiger partial charge in [-0.2, -0.15) is 13.2 Å². The Hall–Kier alpha value is -1.42. The quantitative estimate of drug-likeness (QED) is 0.516. The largest absolute Gasteiger partial charge is 0.493 e. The third kappa shape index (κ3) is 4.28. The highest BCUT2D eigenvalue weighted by Crippen LogP contribution is 2.35. The minimum atomic E-state index is -4.49. The molecule has 1 aliphatic rings. The van der Waals surface area contributed by atoms with Crippen molar-refractivity contribution >= 4 is 47.1 Å². The summed E-state index contributed by atoms with van der Waals surface area (Å²) in [6, 6.07) is 2.89. The summed E-state index contributed by atoms with van der Waals surface area (Å²) in [6.07, 6.45) is -1.38. The first-order valence-electron chi connectivity index (χ1n) is 7.70. The predicted octanol–water partition coefficient (Wildman–Crippen LogP) is 5.59. The van der Waals surface area contributed by atoms with E-state index in [1.807, 2.05) is 0 Å². The number of hydrogen-bond donors (Lipinski definition) is 1. The number of nitrogens with zero attached hydrogens (tertiary/aromatic N) is 2. The summed E-state index contributed by atoms with van der Waals surface area (Å²) in [4.78, 5) is 4.35. The van der Waals surface area contributed by atoms with E-state index in [1.165, 1.54) is 6.21 Å². The van der Waals surface area contributed by atoms with E-state index in [2.05, 4.69) is 4.99 Å². The highest BCUT2D eigenvalue weighted by atomic mass is 35.5. The van der Waals surface area contributed by atoms with Gasteiger partial charge in [0, 0.05) is 6.61 Å². The summed E-state index contributed by atoms with van der Waals surface area (Å²) in [5.74, 6) is -0.0812. The Morgan fingerprint density at radius 1 is 1.46 bits per heavy atom. The molecule has 1 aromatic carbocycles. The van der Waals surface area contributed by atoms with Gasteiger partial charge in [-0.3, -0.25) is 9.56 Å². The Labute approximate surface area is 161 Å². The first-order valence-corrected chi connectivity index (χ1v) is 9.31. The average Bonchev–Trinajstić information content (AvgIpc) is 3.17. The monoisotopic (exact) mass is 422 g/mol. The Morgan fingerprint density at radius 3 is 2.88 bits per heavy atom. The van der Waals surface area contributed by atoms with Crippen LogP contribution in [0.3, 0.4) is 0 Å². The van der Waals surface area contributed by atoms with Gasteiger partial charge < -0.3 is 9.84 Å². The van der Waals surface area contributed by atoms with Gasteiger partial charge >= 0.3 is 6.18 Å². The van der Waals surface area contributed by atoms with Crippen molar-refractivity contribution < 1.29 is 23.0 Å². The van der Waals surface area contributed by atoms with E-state index in [1.54, 1.807) is 4.57 Å². The third-order valence-electron chi connectivity index (χ3n) is 3.90. The lowest BCUT2D eigenvalue weighted by molar-refractivity contribution is -0.137. The minimum absolute atomic E-state index is 0.00935. The normalized spacial score (nSPS) is 18.1. The Morgan fingerprint density at radius 2 is 2.23 bits per heavy atom. The van der Waals surface area contributed by atoms with E-state index in [0.29, 0.717) is 22.0 Å². The van der Waals surface area contributed by atoms with E-state index >= 15 is 0 Å². The summed E-state index contributed by atoms with van der Waals surface area (Å²) in [5, 5.41) is 10.4. The second kappa shape index (κ2) is 7.67. The molecule has 0 saturated carbocycles. The molecule has 10 heteroatoms. The molecule has 3 rings (SSSR count). The van der Waals surface area contributed by atoms with Crippen molar-refractivity contribution in [2.75, 3.05) is 6.61 Å². The van der Waals surface area contributed by atoms with Gasteiger partial charge in [0.1, 0.15) is 4.88 Å².